The van der Waals surface area contributed by atoms with Crippen LogP contribution >= 0.6 is 0 Å². The zero-order valence-corrected chi connectivity index (χ0v) is 12.5. The molecule has 1 heterocycles. The molecule has 0 spiro atoms. The largest absolute Gasteiger partial charge is 0.340 e. The number of aromatic amines is 1. The van der Waals surface area contributed by atoms with Gasteiger partial charge in [-0.1, -0.05) is 12.2 Å². The maximum Gasteiger partial charge on any atom is 0.226 e. The number of carbonyl (C=O) groups is 1. The van der Waals surface area contributed by atoms with Crippen LogP contribution in [0.2, 0.25) is 0 Å². The molecular formula is C16H21N3O. The fraction of sp³-hybridized carbons (Fsp3) is 0.375. The second-order valence-electron chi connectivity index (χ2n) is 5.16. The lowest BCUT2D eigenvalue weighted by Crippen LogP contribution is -2.25. The second kappa shape index (κ2) is 5.90. The summed E-state index contributed by atoms with van der Waals surface area (Å²) in [6.07, 6.45) is 4.19. The number of carbonyl (C=O) groups excluding carboxylic acids is 1. The van der Waals surface area contributed by atoms with Gasteiger partial charge in [0.05, 0.1) is 17.6 Å². The van der Waals surface area contributed by atoms with Gasteiger partial charge < -0.3 is 9.88 Å². The minimum atomic E-state index is 0.0934. The van der Waals surface area contributed by atoms with Crippen molar-refractivity contribution in [3.63, 3.8) is 0 Å². The van der Waals surface area contributed by atoms with Crippen LogP contribution in [0.15, 0.2) is 24.3 Å². The van der Waals surface area contributed by atoms with Crippen molar-refractivity contribution in [3.05, 3.63) is 41.2 Å². The molecule has 0 atom stereocenters. The molecule has 4 heteroatoms. The summed E-state index contributed by atoms with van der Waals surface area (Å²) in [5.41, 5.74) is 4.45. The fourth-order valence-corrected chi connectivity index (χ4v) is 2.08. The lowest BCUT2D eigenvalue weighted by molar-refractivity contribution is -0.129. The number of imidazole rings is 1. The van der Waals surface area contributed by atoms with E-state index in [1.807, 2.05) is 19.1 Å². The maximum absolute atomic E-state index is 11.9. The van der Waals surface area contributed by atoms with E-state index in [1.165, 1.54) is 11.1 Å². The fourth-order valence-electron chi connectivity index (χ4n) is 2.08. The van der Waals surface area contributed by atoms with Crippen LogP contribution in [0.4, 0.5) is 0 Å². The van der Waals surface area contributed by atoms with E-state index in [9.17, 15) is 4.79 Å². The highest BCUT2D eigenvalue weighted by molar-refractivity contribution is 5.78. The van der Waals surface area contributed by atoms with E-state index in [0.29, 0.717) is 13.0 Å². The topological polar surface area (TPSA) is 49.0 Å². The summed E-state index contributed by atoms with van der Waals surface area (Å²) in [5.74, 6) is 0.914. The number of hydrogen-bond donors (Lipinski definition) is 1. The molecule has 1 aromatic heterocycles. The van der Waals surface area contributed by atoms with Crippen LogP contribution in [0.3, 0.4) is 0 Å². The summed E-state index contributed by atoms with van der Waals surface area (Å²) in [4.78, 5) is 21.4. The highest BCUT2D eigenvalue weighted by atomic mass is 16.2. The van der Waals surface area contributed by atoms with E-state index < -0.39 is 0 Å². The smallest absolute Gasteiger partial charge is 0.226 e. The Kier molecular flexibility index (Phi) is 4.23. The van der Waals surface area contributed by atoms with E-state index >= 15 is 0 Å². The molecule has 106 valence electrons. The van der Waals surface area contributed by atoms with E-state index in [4.69, 9.17) is 0 Å². The molecule has 0 radical (unpaired) electrons. The molecule has 0 saturated carbocycles. The van der Waals surface area contributed by atoms with Crippen LogP contribution in [0, 0.1) is 13.8 Å². The lowest BCUT2D eigenvalue weighted by Gasteiger charge is -2.14. The van der Waals surface area contributed by atoms with Crippen LogP contribution in [-0.2, 0) is 11.3 Å². The average molecular weight is 271 g/mol. The van der Waals surface area contributed by atoms with Crippen molar-refractivity contribution in [3.8, 4) is 0 Å². The molecule has 0 aliphatic rings. The van der Waals surface area contributed by atoms with E-state index in [2.05, 4.69) is 35.9 Å². The Morgan fingerprint density at radius 1 is 1.35 bits per heavy atom. The first-order valence-corrected chi connectivity index (χ1v) is 6.82. The summed E-state index contributed by atoms with van der Waals surface area (Å²) in [6, 6.07) is 4.18. The number of aromatic nitrogens is 2. The quantitative estimate of drug-likeness (QED) is 0.869. The van der Waals surface area contributed by atoms with Crippen LogP contribution in [0.25, 0.3) is 11.0 Å². The van der Waals surface area contributed by atoms with Gasteiger partial charge >= 0.3 is 0 Å². The highest BCUT2D eigenvalue weighted by Gasteiger charge is 2.11. The van der Waals surface area contributed by atoms with Crippen molar-refractivity contribution >= 4 is 16.9 Å². The summed E-state index contributed by atoms with van der Waals surface area (Å²) >= 11 is 0. The zero-order valence-electron chi connectivity index (χ0n) is 12.5. The van der Waals surface area contributed by atoms with E-state index in [1.54, 1.807) is 11.9 Å². The van der Waals surface area contributed by atoms with Crippen molar-refractivity contribution in [1.82, 2.24) is 14.9 Å². The Morgan fingerprint density at radius 2 is 2.05 bits per heavy atom. The van der Waals surface area contributed by atoms with Gasteiger partial charge in [0, 0.05) is 13.5 Å². The first kappa shape index (κ1) is 14.3. The minimum absolute atomic E-state index is 0.0934. The number of hydrogen-bond acceptors (Lipinski definition) is 2. The number of allylic oxidation sites excluding steroid dienone is 1. The number of amides is 1. The first-order chi connectivity index (χ1) is 9.51. The summed E-state index contributed by atoms with van der Waals surface area (Å²) in [6.45, 7) is 6.58. The van der Waals surface area contributed by atoms with Gasteiger partial charge in [-0.25, -0.2) is 4.98 Å². The van der Waals surface area contributed by atoms with Crippen molar-refractivity contribution in [2.45, 2.75) is 33.7 Å². The third-order valence-corrected chi connectivity index (χ3v) is 3.49. The zero-order chi connectivity index (χ0) is 14.7. The molecule has 0 aliphatic carbocycles. The molecule has 4 nitrogen and oxygen atoms in total. The molecule has 2 aromatic rings. The lowest BCUT2D eigenvalue weighted by atomic mass is 10.1. The van der Waals surface area contributed by atoms with Crippen LogP contribution in [0.5, 0.6) is 0 Å². The van der Waals surface area contributed by atoms with Crippen LogP contribution in [0.1, 0.15) is 30.3 Å². The Morgan fingerprint density at radius 3 is 2.75 bits per heavy atom. The Bertz CT molecular complexity index is 616. The van der Waals surface area contributed by atoms with Gasteiger partial charge in [-0.2, -0.15) is 0 Å². The SMILES string of the molecule is C/C=C/CC(=O)N(C)Cc1nc2cc(C)c(C)cc2[nH]1. The van der Waals surface area contributed by atoms with Gasteiger partial charge in [0.1, 0.15) is 5.82 Å². The number of nitrogens with one attached hydrogen (secondary N) is 1. The number of benzene rings is 1. The number of H-pyrrole nitrogens is 1. The van der Waals surface area contributed by atoms with Crippen LogP contribution in [-0.4, -0.2) is 27.8 Å². The molecule has 20 heavy (non-hydrogen) atoms. The van der Waals surface area contributed by atoms with Gasteiger partial charge in [-0.05, 0) is 44.0 Å². The number of nitrogens with zero attached hydrogens (tertiary/aromatic N) is 2. The average Bonchev–Trinajstić information content (AvgIpc) is 2.77. The van der Waals surface area contributed by atoms with E-state index in [-0.39, 0.29) is 5.91 Å². The van der Waals surface area contributed by atoms with Crippen molar-refractivity contribution in [2.24, 2.45) is 0 Å². The van der Waals surface area contributed by atoms with Gasteiger partial charge in [0.25, 0.3) is 0 Å². The molecule has 2 rings (SSSR count). The van der Waals surface area contributed by atoms with Crippen molar-refractivity contribution < 1.29 is 4.79 Å². The molecule has 0 unspecified atom stereocenters. The molecule has 1 amide bonds. The van der Waals surface area contributed by atoms with Gasteiger partial charge in [0.2, 0.25) is 5.91 Å². The summed E-state index contributed by atoms with van der Waals surface area (Å²) < 4.78 is 0. The third kappa shape index (κ3) is 3.07. The minimum Gasteiger partial charge on any atom is -0.340 e. The normalized spacial score (nSPS) is 11.4. The Hall–Kier alpha value is -2.10. The van der Waals surface area contributed by atoms with E-state index in [0.717, 1.165) is 16.9 Å². The van der Waals surface area contributed by atoms with Gasteiger partial charge in [-0.3, -0.25) is 4.79 Å². The second-order valence-corrected chi connectivity index (χ2v) is 5.16. The molecule has 0 saturated heterocycles. The summed E-state index contributed by atoms with van der Waals surface area (Å²) in [5, 5.41) is 0. The van der Waals surface area contributed by atoms with Gasteiger partial charge in [0.15, 0.2) is 0 Å². The highest BCUT2D eigenvalue weighted by Crippen LogP contribution is 2.17. The predicted molar refractivity (Wildman–Crippen MR) is 81.5 cm³/mol. The van der Waals surface area contributed by atoms with Crippen molar-refractivity contribution in [2.75, 3.05) is 7.05 Å². The monoisotopic (exact) mass is 271 g/mol. The third-order valence-electron chi connectivity index (χ3n) is 3.49. The maximum atomic E-state index is 11.9. The predicted octanol–water partition coefficient (Wildman–Crippen LogP) is 3.10. The molecule has 1 aromatic carbocycles. The molecule has 0 fully saturated rings. The molecule has 0 bridgehead atoms. The number of fused-ring (bicyclic) bond motifs is 1. The first-order valence-electron chi connectivity index (χ1n) is 6.82. The molecule has 1 N–H and O–H groups in total. The van der Waals surface area contributed by atoms with Crippen LogP contribution < -0.4 is 0 Å². The number of rotatable bonds is 4. The van der Waals surface area contributed by atoms with Gasteiger partial charge in [-0.15, -0.1) is 0 Å². The number of aryl methyl sites for hydroxylation is 2. The molecular weight excluding hydrogens is 250 g/mol. The summed E-state index contributed by atoms with van der Waals surface area (Å²) in [7, 11) is 1.80. The van der Waals surface area contributed by atoms with Crippen molar-refractivity contribution in [1.29, 1.82) is 0 Å². The Labute approximate surface area is 119 Å². The molecule has 0 aliphatic heterocycles. The Balaban J connectivity index is 2.15. The standard InChI is InChI=1S/C16H21N3O/c1-5-6-7-16(20)19(4)10-15-17-13-8-11(2)12(3)9-14(13)18-15/h5-6,8-9H,7,10H2,1-4H3,(H,17,18)/b6-5+.